The van der Waals surface area contributed by atoms with E-state index in [9.17, 15) is 36.0 Å². The first-order valence-electron chi connectivity index (χ1n) is 27.5. The Bertz CT molecular complexity index is 2790. The van der Waals surface area contributed by atoms with Gasteiger partial charge in [0.25, 0.3) is 11.8 Å². The molecule has 2 aromatic rings. The number of aliphatic hydroxyl groups is 1. The first-order valence-corrected chi connectivity index (χ1v) is 30.7. The number of rotatable bonds is 12. The number of piperidine rings is 2. The first-order chi connectivity index (χ1) is 36.4. The summed E-state index contributed by atoms with van der Waals surface area (Å²) in [6, 6.07) is 7.47. The number of nitrogens with zero attached hydrogens (tertiary/aromatic N) is 6. The van der Waals surface area contributed by atoms with E-state index >= 15 is 0 Å². The Labute approximate surface area is 463 Å². The van der Waals surface area contributed by atoms with Gasteiger partial charge >= 0.3 is 12.2 Å². The van der Waals surface area contributed by atoms with Crippen molar-refractivity contribution < 1.29 is 50.6 Å². The van der Waals surface area contributed by atoms with Crippen LogP contribution in [0.2, 0.25) is 0 Å². The number of amides is 4. The number of anilines is 2. The molecule has 4 fully saturated rings. The molecule has 5 heterocycles. The lowest BCUT2D eigenvalue weighted by Crippen LogP contribution is -2.51. The Morgan fingerprint density at radius 1 is 0.679 bits per heavy atom. The number of hydrogen-bond acceptors (Lipinski definition) is 14. The van der Waals surface area contributed by atoms with Crippen molar-refractivity contribution in [3.05, 3.63) is 57.6 Å². The number of aryl methyl sites for hydroxylation is 4. The number of benzene rings is 2. The zero-order valence-electron chi connectivity index (χ0n) is 48.4. The molecule has 22 heteroatoms. The minimum Gasteiger partial charge on any atom is -0.444 e. The van der Waals surface area contributed by atoms with Crippen LogP contribution < -0.4 is 20.9 Å². The summed E-state index contributed by atoms with van der Waals surface area (Å²) < 4.78 is 67.0. The van der Waals surface area contributed by atoms with Crippen molar-refractivity contribution in [2.75, 3.05) is 75.7 Å². The zero-order chi connectivity index (χ0) is 57.8. The number of sulfonamides is 2. The molecule has 1 atom stereocenters. The fourth-order valence-electron chi connectivity index (χ4n) is 11.4. The molecule has 4 N–H and O–H groups in total. The second kappa shape index (κ2) is 24.7. The largest absolute Gasteiger partial charge is 0.444 e. The van der Waals surface area contributed by atoms with Crippen LogP contribution in [0.25, 0.3) is 0 Å². The average molecular weight is 1130 g/mol. The SMILES string of the molecule is CNc1cc(C)c(CCS(=O)(=O)N2CCC3(CC2)N=C(C2CCCC2)NC3=O)c(C)c1.CO.Cc1cc(N(C)C(=O)OC(C)(C)C)cc(C)c1CCS(=O)(=O)N1CCC2(CC1)N=C(C1CCCN1C(=O)OC(C)(C)C)NC2=O. The lowest BCUT2D eigenvalue weighted by Gasteiger charge is -2.34. The maximum Gasteiger partial charge on any atom is 0.414 e. The predicted octanol–water partition coefficient (Wildman–Crippen LogP) is 6.69. The van der Waals surface area contributed by atoms with Gasteiger partial charge in [0.1, 0.15) is 34.0 Å². The highest BCUT2D eigenvalue weighted by atomic mass is 32.2. The molecule has 78 heavy (non-hydrogen) atoms. The highest BCUT2D eigenvalue weighted by Gasteiger charge is 2.51. The molecule has 2 spiro atoms. The topological polar surface area (TPSA) is 249 Å². The van der Waals surface area contributed by atoms with Crippen molar-refractivity contribution in [1.82, 2.24) is 24.1 Å². The summed E-state index contributed by atoms with van der Waals surface area (Å²) in [5.74, 6) is 1.41. The van der Waals surface area contributed by atoms with E-state index in [0.29, 0.717) is 69.2 Å². The third-order valence-corrected chi connectivity index (χ3v) is 19.5. The maximum absolute atomic E-state index is 13.4. The molecule has 20 nitrogen and oxygen atoms in total. The van der Waals surface area contributed by atoms with Gasteiger partial charge in [0.2, 0.25) is 20.0 Å². The number of aliphatic hydroxyl groups excluding tert-OH is 1. The first kappa shape index (κ1) is 62.0. The fraction of sp³-hybridized carbons (Fsp3) is 0.679. The molecule has 0 radical (unpaired) electrons. The van der Waals surface area contributed by atoms with Crippen molar-refractivity contribution >= 4 is 67.1 Å². The molecule has 434 valence electrons. The molecule has 4 amide bonds. The van der Waals surface area contributed by atoms with Crippen LogP contribution in [0.1, 0.15) is 139 Å². The van der Waals surface area contributed by atoms with Crippen molar-refractivity contribution in [3.63, 3.8) is 0 Å². The zero-order valence-corrected chi connectivity index (χ0v) is 50.1. The van der Waals surface area contributed by atoms with Crippen LogP contribution >= 0.6 is 0 Å². The van der Waals surface area contributed by atoms with Crippen LogP contribution in [0, 0.1) is 33.6 Å². The molecule has 3 saturated heterocycles. The van der Waals surface area contributed by atoms with E-state index in [1.54, 1.807) is 16.3 Å². The van der Waals surface area contributed by atoms with Crippen molar-refractivity contribution in [2.45, 2.75) is 175 Å². The summed E-state index contributed by atoms with van der Waals surface area (Å²) in [5, 5.41) is 16.1. The Morgan fingerprint density at radius 3 is 1.54 bits per heavy atom. The average Bonchev–Trinajstić information content (AvgIpc) is 4.20. The van der Waals surface area contributed by atoms with Crippen LogP contribution in [0.3, 0.4) is 0 Å². The third kappa shape index (κ3) is 14.6. The number of aliphatic imine (C=N–C) groups is 2. The molecule has 5 aliphatic heterocycles. The molecular formula is C56H87N9O11S2. The minimum atomic E-state index is -3.61. The number of nitrogens with one attached hydrogen (secondary N) is 3. The minimum absolute atomic E-state index is 0.0395. The van der Waals surface area contributed by atoms with Crippen LogP contribution in [0.5, 0.6) is 0 Å². The number of carbonyl (C=O) groups is 4. The van der Waals surface area contributed by atoms with Gasteiger partial charge in [0.15, 0.2) is 0 Å². The molecule has 0 aromatic heterocycles. The van der Waals surface area contributed by atoms with Crippen LogP contribution in [-0.2, 0) is 52.0 Å². The third-order valence-electron chi connectivity index (χ3n) is 15.8. The lowest BCUT2D eigenvalue weighted by atomic mass is 9.89. The van der Waals surface area contributed by atoms with Crippen LogP contribution in [0.15, 0.2) is 34.3 Å². The lowest BCUT2D eigenvalue weighted by molar-refractivity contribution is -0.125. The maximum atomic E-state index is 13.4. The standard InChI is InChI=1S/C32H49N5O7S.C23H34N4O3S.CH4O/c1-21-19-23(35(9)28(39)43-30(3,4)5)20-22(2)24(21)12-18-45(41,42)36-16-13-32(14-17-36)27(38)33-26(34-32)25-11-10-15-37(25)29(40)44-31(6,7)8;1-16-14-19(24-3)15-17(2)20(16)8-13-31(29,30)27-11-9-23(10-12-27)22(28)25-21(26-23)18-6-4-5-7-18;1-2/h19-20,25H,10-18H2,1-9H3,(H,33,34,38);14-15,18,24H,4-13H2,1-3H3,(H,25,26,28);2H,1H3. The Morgan fingerprint density at radius 2 is 1.10 bits per heavy atom. The Balaban J connectivity index is 0.000000260. The molecule has 6 aliphatic rings. The molecule has 1 aliphatic carbocycles. The van der Waals surface area contributed by atoms with E-state index in [1.165, 1.54) is 22.0 Å². The smallest absolute Gasteiger partial charge is 0.414 e. The van der Waals surface area contributed by atoms with Gasteiger partial charge in [0.05, 0.1) is 17.5 Å². The quantitative estimate of drug-likeness (QED) is 0.174. The number of hydrogen-bond donors (Lipinski definition) is 4. The highest BCUT2D eigenvalue weighted by molar-refractivity contribution is 7.89. The molecule has 0 bridgehead atoms. The molecule has 1 saturated carbocycles. The van der Waals surface area contributed by atoms with E-state index in [4.69, 9.17) is 24.6 Å². The van der Waals surface area contributed by atoms with Gasteiger partial charge in [-0.2, -0.15) is 0 Å². The van der Waals surface area contributed by atoms with E-state index in [-0.39, 0.29) is 55.3 Å². The highest BCUT2D eigenvalue weighted by Crippen LogP contribution is 2.37. The number of likely N-dealkylation sites (tertiary alicyclic amines) is 1. The number of ether oxygens (including phenoxy) is 2. The summed E-state index contributed by atoms with van der Waals surface area (Å²) >= 11 is 0. The summed E-state index contributed by atoms with van der Waals surface area (Å²) in [6.07, 6.45) is 7.39. The van der Waals surface area contributed by atoms with Crippen molar-refractivity contribution in [3.8, 4) is 0 Å². The second-order valence-corrected chi connectivity index (χ2v) is 27.8. The van der Waals surface area contributed by atoms with Gasteiger partial charge in [-0.15, -0.1) is 0 Å². The van der Waals surface area contributed by atoms with Gasteiger partial charge in [-0.3, -0.25) is 29.4 Å². The van der Waals surface area contributed by atoms with Gasteiger partial charge < -0.3 is 30.5 Å². The summed E-state index contributed by atoms with van der Waals surface area (Å²) in [6.45, 7) is 20.4. The van der Waals surface area contributed by atoms with E-state index < -0.39 is 54.5 Å². The van der Waals surface area contributed by atoms with Crippen LogP contribution in [-0.4, -0.2) is 165 Å². The Hall–Kier alpha value is -5.16. The Kier molecular flexibility index (Phi) is 19.6. The van der Waals surface area contributed by atoms with Crippen molar-refractivity contribution in [1.29, 1.82) is 0 Å². The van der Waals surface area contributed by atoms with Gasteiger partial charge in [-0.05, 0) is 191 Å². The summed E-state index contributed by atoms with van der Waals surface area (Å²) in [7, 11) is -2.46. The fourth-order valence-corrected chi connectivity index (χ4v) is 14.3. The van der Waals surface area contributed by atoms with Gasteiger partial charge in [0, 0.05) is 71.2 Å². The second-order valence-electron chi connectivity index (χ2n) is 23.6. The normalized spacial score (nSPS) is 20.7. The predicted molar refractivity (Wildman–Crippen MR) is 305 cm³/mol. The monoisotopic (exact) mass is 1130 g/mol. The molecule has 2 aromatic carbocycles. The summed E-state index contributed by atoms with van der Waals surface area (Å²) in [5.41, 5.74) is 4.67. The number of carbonyl (C=O) groups excluding carboxylic acids is 4. The van der Waals surface area contributed by atoms with Crippen molar-refractivity contribution in [2.24, 2.45) is 15.9 Å². The van der Waals surface area contributed by atoms with E-state index in [1.807, 2.05) is 88.4 Å². The van der Waals surface area contributed by atoms with Gasteiger partial charge in [-0.1, -0.05) is 12.8 Å². The van der Waals surface area contributed by atoms with E-state index in [0.717, 1.165) is 71.3 Å². The molecular weight excluding hydrogens is 1040 g/mol. The molecule has 1 unspecified atom stereocenters. The molecule has 8 rings (SSSR count). The summed E-state index contributed by atoms with van der Waals surface area (Å²) in [4.78, 5) is 63.9. The van der Waals surface area contributed by atoms with Gasteiger partial charge in [-0.25, -0.2) is 35.0 Å². The number of amidine groups is 2. The van der Waals surface area contributed by atoms with E-state index in [2.05, 4.69) is 28.1 Å². The van der Waals surface area contributed by atoms with Crippen LogP contribution in [0.4, 0.5) is 21.0 Å².